The van der Waals surface area contributed by atoms with Crippen LogP contribution < -0.4 is 0 Å². The van der Waals surface area contributed by atoms with E-state index in [4.69, 9.17) is 24.1 Å². The zero-order valence-corrected chi connectivity index (χ0v) is 18.2. The smallest absolute Gasteiger partial charge is 0.172 e. The Labute approximate surface area is 170 Å². The SMILES string of the molecule is CCCC(C)C1CC=C2CC3(CC[C@]2(C)C1COC(C)OCCO)OCCO3. The van der Waals surface area contributed by atoms with E-state index in [2.05, 4.69) is 26.8 Å². The zero-order valence-electron chi connectivity index (χ0n) is 18.2. The van der Waals surface area contributed by atoms with Crippen molar-refractivity contribution < 1.29 is 24.1 Å². The Morgan fingerprint density at radius 3 is 2.64 bits per heavy atom. The van der Waals surface area contributed by atoms with E-state index in [1.807, 2.05) is 6.92 Å². The molecule has 1 heterocycles. The largest absolute Gasteiger partial charge is 0.394 e. The third kappa shape index (κ3) is 4.65. The van der Waals surface area contributed by atoms with Gasteiger partial charge in [-0.1, -0.05) is 45.3 Å². The molecule has 1 spiro atoms. The molecule has 0 aromatic rings. The van der Waals surface area contributed by atoms with Gasteiger partial charge in [0.15, 0.2) is 12.1 Å². The lowest BCUT2D eigenvalue weighted by molar-refractivity contribution is -0.191. The first-order valence-corrected chi connectivity index (χ1v) is 11.3. The number of fused-ring (bicyclic) bond motifs is 1. The van der Waals surface area contributed by atoms with Gasteiger partial charge in [0.1, 0.15) is 0 Å². The number of hydrogen-bond donors (Lipinski definition) is 1. The maximum Gasteiger partial charge on any atom is 0.172 e. The molecule has 0 aromatic carbocycles. The van der Waals surface area contributed by atoms with E-state index < -0.39 is 0 Å². The van der Waals surface area contributed by atoms with Gasteiger partial charge in [-0.2, -0.15) is 0 Å². The molecule has 0 bridgehead atoms. The Balaban J connectivity index is 1.76. The molecule has 3 rings (SSSR count). The van der Waals surface area contributed by atoms with Crippen LogP contribution in [0.1, 0.15) is 66.2 Å². The van der Waals surface area contributed by atoms with Gasteiger partial charge >= 0.3 is 0 Å². The summed E-state index contributed by atoms with van der Waals surface area (Å²) in [4.78, 5) is 0. The van der Waals surface area contributed by atoms with Gasteiger partial charge in [0.25, 0.3) is 0 Å². The molecular weight excluding hydrogens is 356 g/mol. The fraction of sp³-hybridized carbons (Fsp3) is 0.913. The summed E-state index contributed by atoms with van der Waals surface area (Å²) in [6, 6.07) is 0. The average molecular weight is 397 g/mol. The van der Waals surface area contributed by atoms with Crippen molar-refractivity contribution >= 4 is 0 Å². The monoisotopic (exact) mass is 396 g/mol. The van der Waals surface area contributed by atoms with Crippen LogP contribution in [0.3, 0.4) is 0 Å². The summed E-state index contributed by atoms with van der Waals surface area (Å²) < 4.78 is 23.7. The Kier molecular flexibility index (Phi) is 7.60. The van der Waals surface area contributed by atoms with Crippen LogP contribution in [0.15, 0.2) is 11.6 Å². The molecule has 5 nitrogen and oxygen atoms in total. The van der Waals surface area contributed by atoms with Crippen molar-refractivity contribution in [2.45, 2.75) is 78.3 Å². The molecule has 162 valence electrons. The molecule has 1 saturated heterocycles. The van der Waals surface area contributed by atoms with Crippen molar-refractivity contribution in [1.29, 1.82) is 0 Å². The second kappa shape index (κ2) is 9.57. The Morgan fingerprint density at radius 1 is 1.21 bits per heavy atom. The highest BCUT2D eigenvalue weighted by Gasteiger charge is 2.53. The summed E-state index contributed by atoms with van der Waals surface area (Å²) in [6.07, 6.45) is 8.73. The second-order valence-electron chi connectivity index (χ2n) is 9.20. The molecule has 4 unspecified atom stereocenters. The number of aliphatic hydroxyl groups is 1. The summed E-state index contributed by atoms with van der Waals surface area (Å²) >= 11 is 0. The lowest BCUT2D eigenvalue weighted by atomic mass is 9.54. The molecule has 1 saturated carbocycles. The highest BCUT2D eigenvalue weighted by molar-refractivity contribution is 5.25. The van der Waals surface area contributed by atoms with Crippen LogP contribution >= 0.6 is 0 Å². The van der Waals surface area contributed by atoms with E-state index in [1.165, 1.54) is 18.4 Å². The molecular formula is C23H40O5. The van der Waals surface area contributed by atoms with Crippen molar-refractivity contribution in [3.05, 3.63) is 11.6 Å². The van der Waals surface area contributed by atoms with E-state index in [0.717, 1.165) is 25.7 Å². The van der Waals surface area contributed by atoms with Gasteiger partial charge in [0.05, 0.1) is 33.0 Å². The fourth-order valence-electron chi connectivity index (χ4n) is 5.69. The number of rotatable bonds is 9. The molecule has 1 N–H and O–H groups in total. The topological polar surface area (TPSA) is 57.2 Å². The number of hydrogen-bond acceptors (Lipinski definition) is 5. The fourth-order valence-corrected chi connectivity index (χ4v) is 5.69. The summed E-state index contributed by atoms with van der Waals surface area (Å²) in [5.74, 6) is 1.39. The van der Waals surface area contributed by atoms with Crippen molar-refractivity contribution in [2.24, 2.45) is 23.2 Å². The third-order valence-corrected chi connectivity index (χ3v) is 7.43. The molecule has 0 aromatic heterocycles. The minimum atomic E-state index is -0.379. The molecule has 1 aliphatic heterocycles. The van der Waals surface area contributed by atoms with E-state index in [1.54, 1.807) is 0 Å². The van der Waals surface area contributed by atoms with Crippen LogP contribution in [0.5, 0.6) is 0 Å². The highest BCUT2D eigenvalue weighted by Crippen LogP contribution is 2.57. The van der Waals surface area contributed by atoms with Gasteiger partial charge < -0.3 is 24.1 Å². The Morgan fingerprint density at radius 2 is 1.96 bits per heavy atom. The quantitative estimate of drug-likeness (QED) is 0.465. The minimum absolute atomic E-state index is 0.0277. The van der Waals surface area contributed by atoms with E-state index in [-0.39, 0.29) is 24.1 Å². The van der Waals surface area contributed by atoms with Gasteiger partial charge in [-0.15, -0.1) is 0 Å². The minimum Gasteiger partial charge on any atom is -0.394 e. The lowest BCUT2D eigenvalue weighted by Crippen LogP contribution is -2.49. The van der Waals surface area contributed by atoms with Crippen LogP contribution in [0.2, 0.25) is 0 Å². The van der Waals surface area contributed by atoms with Crippen LogP contribution in [0, 0.1) is 23.2 Å². The maximum atomic E-state index is 8.99. The summed E-state index contributed by atoms with van der Waals surface area (Å²) in [6.45, 7) is 11.5. The van der Waals surface area contributed by atoms with Gasteiger partial charge in [-0.05, 0) is 42.9 Å². The highest BCUT2D eigenvalue weighted by atomic mass is 16.7. The maximum absolute atomic E-state index is 8.99. The van der Waals surface area contributed by atoms with Crippen molar-refractivity contribution in [2.75, 3.05) is 33.0 Å². The van der Waals surface area contributed by atoms with Crippen LogP contribution in [-0.2, 0) is 18.9 Å². The molecule has 2 aliphatic carbocycles. The molecule has 3 aliphatic rings. The van der Waals surface area contributed by atoms with Crippen molar-refractivity contribution in [3.63, 3.8) is 0 Å². The molecule has 0 radical (unpaired) electrons. The average Bonchev–Trinajstić information content (AvgIpc) is 3.13. The Bertz CT molecular complexity index is 527. The lowest BCUT2D eigenvalue weighted by Gasteiger charge is -2.53. The number of aliphatic hydroxyl groups excluding tert-OH is 1. The van der Waals surface area contributed by atoms with Gasteiger partial charge in [-0.3, -0.25) is 0 Å². The Hall–Kier alpha value is -0.460. The second-order valence-corrected chi connectivity index (χ2v) is 9.20. The third-order valence-electron chi connectivity index (χ3n) is 7.43. The first-order chi connectivity index (χ1) is 13.4. The first kappa shape index (κ1) is 22.2. The first-order valence-electron chi connectivity index (χ1n) is 11.3. The number of ether oxygens (including phenoxy) is 4. The summed E-state index contributed by atoms with van der Waals surface area (Å²) in [5.41, 5.74) is 1.63. The summed E-state index contributed by atoms with van der Waals surface area (Å²) in [5, 5.41) is 8.99. The van der Waals surface area contributed by atoms with Gasteiger partial charge in [-0.25, -0.2) is 0 Å². The normalized spacial score (nSPS) is 34.1. The molecule has 2 fully saturated rings. The van der Waals surface area contributed by atoms with Gasteiger partial charge in [0.2, 0.25) is 0 Å². The molecule has 5 atom stereocenters. The summed E-state index contributed by atoms with van der Waals surface area (Å²) in [7, 11) is 0. The molecule has 28 heavy (non-hydrogen) atoms. The van der Waals surface area contributed by atoms with Gasteiger partial charge in [0, 0.05) is 12.8 Å². The standard InChI is InChI=1S/C23H40O5/c1-5-6-17(2)20-8-7-19-15-23(27-13-14-28-23)10-9-22(19,4)21(20)16-26-18(3)25-12-11-24/h7,17-18,20-21,24H,5-6,8-16H2,1-4H3/t17?,18?,20?,21?,22-/m0/s1. The number of allylic oxidation sites excluding steroid dienone is 1. The van der Waals surface area contributed by atoms with E-state index in [9.17, 15) is 0 Å². The van der Waals surface area contributed by atoms with E-state index in [0.29, 0.717) is 44.2 Å². The van der Waals surface area contributed by atoms with Crippen LogP contribution in [0.4, 0.5) is 0 Å². The molecule has 5 heteroatoms. The molecule has 0 amide bonds. The predicted molar refractivity (Wildman–Crippen MR) is 109 cm³/mol. The van der Waals surface area contributed by atoms with Crippen LogP contribution in [-0.4, -0.2) is 50.2 Å². The zero-order chi connectivity index (χ0) is 20.2. The van der Waals surface area contributed by atoms with Crippen molar-refractivity contribution in [3.8, 4) is 0 Å². The van der Waals surface area contributed by atoms with E-state index >= 15 is 0 Å². The predicted octanol–water partition coefficient (Wildman–Crippen LogP) is 4.29. The van der Waals surface area contributed by atoms with Crippen molar-refractivity contribution in [1.82, 2.24) is 0 Å². The van der Waals surface area contributed by atoms with Crippen LogP contribution in [0.25, 0.3) is 0 Å².